The summed E-state index contributed by atoms with van der Waals surface area (Å²) in [5.74, 6) is 0.0945. The van der Waals surface area contributed by atoms with Gasteiger partial charge in [-0.05, 0) is 57.4 Å². The lowest BCUT2D eigenvalue weighted by molar-refractivity contribution is 0.190. The molecule has 2 rings (SSSR count). The van der Waals surface area contributed by atoms with Crippen molar-refractivity contribution in [3.63, 3.8) is 0 Å². The first-order valence-electron chi connectivity index (χ1n) is 7.56. The fourth-order valence-electron chi connectivity index (χ4n) is 2.64. The number of hydrogen-bond acceptors (Lipinski definition) is 3. The number of para-hydroxylation sites is 1. The first-order valence-corrected chi connectivity index (χ1v) is 7.56. The summed E-state index contributed by atoms with van der Waals surface area (Å²) in [5, 5.41) is 12.8. The molecule has 0 bridgehead atoms. The Labute approximate surface area is 120 Å². The summed E-state index contributed by atoms with van der Waals surface area (Å²) < 4.78 is 13.1. The van der Waals surface area contributed by atoms with E-state index in [2.05, 4.69) is 17.1 Å². The molecule has 1 heterocycles. The van der Waals surface area contributed by atoms with Crippen molar-refractivity contribution >= 4 is 0 Å². The van der Waals surface area contributed by atoms with Crippen molar-refractivity contribution in [2.75, 3.05) is 26.2 Å². The van der Waals surface area contributed by atoms with Gasteiger partial charge in [-0.2, -0.15) is 0 Å². The van der Waals surface area contributed by atoms with Gasteiger partial charge in [-0.1, -0.05) is 19.1 Å². The molecule has 1 aromatic carbocycles. The fourth-order valence-corrected chi connectivity index (χ4v) is 2.64. The molecule has 3 nitrogen and oxygen atoms in total. The number of nitrogens with one attached hydrogen (secondary N) is 1. The van der Waals surface area contributed by atoms with E-state index in [4.69, 9.17) is 0 Å². The van der Waals surface area contributed by atoms with Gasteiger partial charge in [-0.25, -0.2) is 4.39 Å². The monoisotopic (exact) mass is 280 g/mol. The molecule has 1 aliphatic rings. The summed E-state index contributed by atoms with van der Waals surface area (Å²) in [5.41, 5.74) is 0.622. The Kier molecular flexibility index (Phi) is 5.80. The highest BCUT2D eigenvalue weighted by Gasteiger charge is 2.14. The molecule has 0 aliphatic carbocycles. The summed E-state index contributed by atoms with van der Waals surface area (Å²) >= 11 is 0. The van der Waals surface area contributed by atoms with Gasteiger partial charge in [0.2, 0.25) is 0 Å². The molecule has 0 unspecified atom stereocenters. The maximum atomic E-state index is 13.1. The third kappa shape index (κ3) is 4.46. The van der Waals surface area contributed by atoms with Crippen molar-refractivity contribution in [3.05, 3.63) is 29.6 Å². The number of hydrogen-bond donors (Lipinski definition) is 2. The van der Waals surface area contributed by atoms with Crippen LogP contribution in [0.25, 0.3) is 0 Å². The molecular weight excluding hydrogens is 255 g/mol. The lowest BCUT2D eigenvalue weighted by Crippen LogP contribution is -2.34. The summed E-state index contributed by atoms with van der Waals surface area (Å²) in [6.45, 7) is 7.28. The van der Waals surface area contributed by atoms with Gasteiger partial charge >= 0.3 is 0 Å². The molecule has 0 aromatic heterocycles. The molecule has 0 spiro atoms. The van der Waals surface area contributed by atoms with Gasteiger partial charge in [0.15, 0.2) is 11.6 Å². The third-order valence-corrected chi connectivity index (χ3v) is 4.09. The van der Waals surface area contributed by atoms with Crippen LogP contribution in [0.4, 0.5) is 4.39 Å². The standard InChI is InChI=1S/C16H25FN2O/c1-13-6-10-19(11-7-13)9-3-8-18-12-14-4-2-5-15(17)16(14)20/h2,4-5,13,18,20H,3,6-12H2,1H3. The van der Waals surface area contributed by atoms with E-state index in [0.717, 1.165) is 25.4 Å². The van der Waals surface area contributed by atoms with Crippen LogP contribution in [-0.4, -0.2) is 36.2 Å². The molecule has 2 N–H and O–H groups in total. The molecular formula is C16H25FN2O. The van der Waals surface area contributed by atoms with Crippen LogP contribution in [0.1, 0.15) is 31.7 Å². The maximum Gasteiger partial charge on any atom is 0.165 e. The second-order valence-electron chi connectivity index (χ2n) is 5.80. The van der Waals surface area contributed by atoms with E-state index in [1.165, 1.54) is 32.0 Å². The average molecular weight is 280 g/mol. The molecule has 1 aromatic rings. The van der Waals surface area contributed by atoms with E-state index in [1.54, 1.807) is 12.1 Å². The zero-order chi connectivity index (χ0) is 14.4. The minimum Gasteiger partial charge on any atom is -0.505 e. The molecule has 0 amide bonds. The van der Waals surface area contributed by atoms with Gasteiger partial charge in [-0.3, -0.25) is 0 Å². The Balaban J connectivity index is 1.61. The number of phenolic OH excluding ortho intramolecular Hbond substituents is 1. The highest BCUT2D eigenvalue weighted by atomic mass is 19.1. The first-order chi connectivity index (χ1) is 9.66. The van der Waals surface area contributed by atoms with E-state index in [0.29, 0.717) is 12.1 Å². The Bertz CT molecular complexity index is 417. The van der Waals surface area contributed by atoms with Crippen molar-refractivity contribution in [3.8, 4) is 5.75 Å². The number of aromatic hydroxyl groups is 1. The zero-order valence-electron chi connectivity index (χ0n) is 12.2. The van der Waals surface area contributed by atoms with Crippen LogP contribution in [0, 0.1) is 11.7 Å². The summed E-state index contributed by atoms with van der Waals surface area (Å²) in [6, 6.07) is 4.65. The average Bonchev–Trinajstić information content (AvgIpc) is 2.45. The van der Waals surface area contributed by atoms with Crippen LogP contribution in [-0.2, 0) is 6.54 Å². The lowest BCUT2D eigenvalue weighted by atomic mass is 9.99. The Morgan fingerprint density at radius 1 is 1.35 bits per heavy atom. The summed E-state index contributed by atoms with van der Waals surface area (Å²) in [6.07, 6.45) is 3.71. The van der Waals surface area contributed by atoms with Crippen molar-refractivity contribution in [1.82, 2.24) is 10.2 Å². The number of piperidine rings is 1. The minimum absolute atomic E-state index is 0.231. The third-order valence-electron chi connectivity index (χ3n) is 4.09. The SMILES string of the molecule is CC1CCN(CCCNCc2cccc(F)c2O)CC1. The molecule has 0 saturated carbocycles. The van der Waals surface area contributed by atoms with Crippen molar-refractivity contribution in [2.24, 2.45) is 5.92 Å². The van der Waals surface area contributed by atoms with Crippen molar-refractivity contribution in [1.29, 1.82) is 0 Å². The largest absolute Gasteiger partial charge is 0.505 e. The molecule has 1 aliphatic heterocycles. The molecule has 1 saturated heterocycles. The molecule has 112 valence electrons. The Morgan fingerprint density at radius 2 is 2.10 bits per heavy atom. The maximum absolute atomic E-state index is 13.1. The van der Waals surface area contributed by atoms with Gasteiger partial charge < -0.3 is 15.3 Å². The van der Waals surface area contributed by atoms with E-state index in [9.17, 15) is 9.50 Å². The quantitative estimate of drug-likeness (QED) is 0.787. The predicted octanol–water partition coefficient (Wildman–Crippen LogP) is 2.74. The molecule has 0 atom stereocenters. The minimum atomic E-state index is -0.549. The van der Waals surface area contributed by atoms with E-state index >= 15 is 0 Å². The molecule has 0 radical (unpaired) electrons. The number of rotatable bonds is 6. The second kappa shape index (κ2) is 7.60. The van der Waals surface area contributed by atoms with Gasteiger partial charge in [-0.15, -0.1) is 0 Å². The second-order valence-corrected chi connectivity index (χ2v) is 5.80. The Morgan fingerprint density at radius 3 is 2.85 bits per heavy atom. The van der Waals surface area contributed by atoms with Gasteiger partial charge in [0, 0.05) is 12.1 Å². The van der Waals surface area contributed by atoms with Gasteiger partial charge in [0.05, 0.1) is 0 Å². The lowest BCUT2D eigenvalue weighted by Gasteiger charge is -2.30. The van der Waals surface area contributed by atoms with Crippen LogP contribution in [0.5, 0.6) is 5.75 Å². The normalized spacial score (nSPS) is 17.5. The highest BCUT2D eigenvalue weighted by molar-refractivity contribution is 5.33. The topological polar surface area (TPSA) is 35.5 Å². The number of benzene rings is 1. The highest BCUT2D eigenvalue weighted by Crippen LogP contribution is 2.20. The molecule has 4 heteroatoms. The fraction of sp³-hybridized carbons (Fsp3) is 0.625. The Hall–Kier alpha value is -1.13. The predicted molar refractivity (Wildman–Crippen MR) is 79.2 cm³/mol. The molecule has 20 heavy (non-hydrogen) atoms. The number of halogens is 1. The smallest absolute Gasteiger partial charge is 0.165 e. The first kappa shape index (κ1) is 15.3. The van der Waals surface area contributed by atoms with E-state index in [-0.39, 0.29) is 5.75 Å². The molecule has 1 fully saturated rings. The van der Waals surface area contributed by atoms with Crippen molar-refractivity contribution < 1.29 is 9.50 Å². The van der Waals surface area contributed by atoms with Crippen LogP contribution in [0.15, 0.2) is 18.2 Å². The van der Waals surface area contributed by atoms with E-state index < -0.39 is 5.82 Å². The summed E-state index contributed by atoms with van der Waals surface area (Å²) in [7, 11) is 0. The van der Waals surface area contributed by atoms with Crippen LogP contribution in [0.2, 0.25) is 0 Å². The number of phenols is 1. The summed E-state index contributed by atoms with van der Waals surface area (Å²) in [4.78, 5) is 2.52. The van der Waals surface area contributed by atoms with Crippen LogP contribution in [0.3, 0.4) is 0 Å². The van der Waals surface area contributed by atoms with Crippen LogP contribution < -0.4 is 5.32 Å². The van der Waals surface area contributed by atoms with E-state index in [1.807, 2.05) is 0 Å². The van der Waals surface area contributed by atoms with Gasteiger partial charge in [0.1, 0.15) is 0 Å². The van der Waals surface area contributed by atoms with Crippen LogP contribution >= 0.6 is 0 Å². The van der Waals surface area contributed by atoms with Crippen molar-refractivity contribution in [2.45, 2.75) is 32.7 Å². The number of nitrogens with zero attached hydrogens (tertiary/aromatic N) is 1. The number of likely N-dealkylation sites (tertiary alicyclic amines) is 1. The zero-order valence-corrected chi connectivity index (χ0v) is 12.2. The van der Waals surface area contributed by atoms with Gasteiger partial charge in [0.25, 0.3) is 0 Å².